The third kappa shape index (κ3) is 1.59. The second kappa shape index (κ2) is 3.87. The minimum Gasteiger partial charge on any atom is -0.374 e. The normalized spacial score (nSPS) is 19.4. The topological polar surface area (TPSA) is 51.8 Å². The summed E-state index contributed by atoms with van der Waals surface area (Å²) in [6.45, 7) is 0. The molecular formula is C12H13N3S. The standard InChI is InChI=1S/C12H13N3S/c13-12-15-14-11(16-12)10-7-3-5-8-4-1-2-6-9(8)10/h1-2,4,6,10H,3,5,7H2,(H2,13,15)/t10-/m0/s1. The maximum Gasteiger partial charge on any atom is 0.203 e. The first-order valence-electron chi connectivity index (χ1n) is 5.51. The van der Waals surface area contributed by atoms with Crippen LogP contribution in [0.2, 0.25) is 0 Å². The van der Waals surface area contributed by atoms with E-state index < -0.39 is 0 Å². The molecular weight excluding hydrogens is 218 g/mol. The summed E-state index contributed by atoms with van der Waals surface area (Å²) in [7, 11) is 0. The maximum absolute atomic E-state index is 5.65. The highest BCUT2D eigenvalue weighted by Gasteiger charge is 2.24. The van der Waals surface area contributed by atoms with E-state index in [1.54, 1.807) is 0 Å². The molecule has 1 aromatic carbocycles. The van der Waals surface area contributed by atoms with E-state index in [2.05, 4.69) is 34.5 Å². The highest BCUT2D eigenvalue weighted by molar-refractivity contribution is 7.15. The lowest BCUT2D eigenvalue weighted by Crippen LogP contribution is -2.10. The van der Waals surface area contributed by atoms with Crippen LogP contribution < -0.4 is 5.73 Å². The molecule has 3 nitrogen and oxygen atoms in total. The predicted octanol–water partition coefficient (Wildman–Crippen LogP) is 2.59. The lowest BCUT2D eigenvalue weighted by molar-refractivity contribution is 0.609. The van der Waals surface area contributed by atoms with Gasteiger partial charge in [0.05, 0.1) is 0 Å². The summed E-state index contributed by atoms with van der Waals surface area (Å²) in [5.41, 5.74) is 8.51. The maximum atomic E-state index is 5.65. The van der Waals surface area contributed by atoms with Crippen LogP contribution in [0.25, 0.3) is 0 Å². The molecule has 2 N–H and O–H groups in total. The monoisotopic (exact) mass is 231 g/mol. The van der Waals surface area contributed by atoms with Crippen LogP contribution in [0, 0.1) is 0 Å². The molecule has 1 atom stereocenters. The van der Waals surface area contributed by atoms with Gasteiger partial charge in [0.1, 0.15) is 5.01 Å². The Hall–Kier alpha value is -1.42. The molecule has 1 aliphatic rings. The van der Waals surface area contributed by atoms with Crippen molar-refractivity contribution in [2.24, 2.45) is 0 Å². The van der Waals surface area contributed by atoms with E-state index in [1.807, 2.05) is 0 Å². The van der Waals surface area contributed by atoms with E-state index in [9.17, 15) is 0 Å². The summed E-state index contributed by atoms with van der Waals surface area (Å²) >= 11 is 1.51. The average molecular weight is 231 g/mol. The van der Waals surface area contributed by atoms with E-state index >= 15 is 0 Å². The van der Waals surface area contributed by atoms with Gasteiger partial charge in [0, 0.05) is 5.92 Å². The van der Waals surface area contributed by atoms with Crippen LogP contribution in [0.5, 0.6) is 0 Å². The molecule has 0 radical (unpaired) electrons. The Bertz CT molecular complexity index is 506. The van der Waals surface area contributed by atoms with Gasteiger partial charge in [-0.05, 0) is 30.4 Å². The zero-order valence-electron chi connectivity index (χ0n) is 8.89. The Balaban J connectivity index is 2.04. The van der Waals surface area contributed by atoms with E-state index in [4.69, 9.17) is 5.73 Å². The second-order valence-electron chi connectivity index (χ2n) is 4.12. The van der Waals surface area contributed by atoms with Crippen molar-refractivity contribution in [3.05, 3.63) is 40.4 Å². The third-order valence-electron chi connectivity index (χ3n) is 3.12. The Morgan fingerprint density at radius 2 is 2.12 bits per heavy atom. The molecule has 4 heteroatoms. The fourth-order valence-electron chi connectivity index (χ4n) is 2.40. The highest BCUT2D eigenvalue weighted by Crippen LogP contribution is 2.37. The molecule has 3 rings (SSSR count). The van der Waals surface area contributed by atoms with E-state index in [1.165, 1.54) is 35.3 Å². The molecule has 0 saturated carbocycles. The number of nitrogens with zero attached hydrogens (tertiary/aromatic N) is 2. The van der Waals surface area contributed by atoms with Crippen molar-refractivity contribution in [3.8, 4) is 0 Å². The molecule has 0 saturated heterocycles. The van der Waals surface area contributed by atoms with Crippen molar-refractivity contribution in [1.82, 2.24) is 10.2 Å². The number of rotatable bonds is 1. The van der Waals surface area contributed by atoms with Crippen molar-refractivity contribution >= 4 is 16.5 Å². The number of hydrogen-bond acceptors (Lipinski definition) is 4. The highest BCUT2D eigenvalue weighted by atomic mass is 32.1. The Morgan fingerprint density at radius 1 is 1.25 bits per heavy atom. The van der Waals surface area contributed by atoms with Gasteiger partial charge in [0.15, 0.2) is 0 Å². The molecule has 1 aliphatic carbocycles. The Morgan fingerprint density at radius 3 is 2.94 bits per heavy atom. The molecule has 0 bridgehead atoms. The van der Waals surface area contributed by atoms with Gasteiger partial charge in [-0.3, -0.25) is 0 Å². The van der Waals surface area contributed by atoms with Crippen molar-refractivity contribution < 1.29 is 0 Å². The van der Waals surface area contributed by atoms with Gasteiger partial charge < -0.3 is 5.73 Å². The minimum atomic E-state index is 0.403. The van der Waals surface area contributed by atoms with Crippen molar-refractivity contribution in [1.29, 1.82) is 0 Å². The van der Waals surface area contributed by atoms with Crippen LogP contribution in [0.15, 0.2) is 24.3 Å². The summed E-state index contributed by atoms with van der Waals surface area (Å²) in [5.74, 6) is 0.403. The lowest BCUT2D eigenvalue weighted by atomic mass is 9.83. The van der Waals surface area contributed by atoms with Crippen LogP contribution in [0.4, 0.5) is 5.13 Å². The number of aromatic nitrogens is 2. The second-order valence-corrected chi connectivity index (χ2v) is 5.16. The van der Waals surface area contributed by atoms with Gasteiger partial charge >= 0.3 is 0 Å². The van der Waals surface area contributed by atoms with Gasteiger partial charge in [-0.25, -0.2) is 0 Å². The molecule has 82 valence electrons. The van der Waals surface area contributed by atoms with Gasteiger partial charge in [-0.15, -0.1) is 10.2 Å². The van der Waals surface area contributed by atoms with Crippen molar-refractivity contribution in [2.45, 2.75) is 25.2 Å². The number of aryl methyl sites for hydroxylation is 1. The average Bonchev–Trinajstić information content (AvgIpc) is 2.75. The summed E-state index contributed by atoms with van der Waals surface area (Å²) in [4.78, 5) is 0. The third-order valence-corrected chi connectivity index (χ3v) is 3.99. The number of anilines is 1. The molecule has 1 aromatic heterocycles. The van der Waals surface area contributed by atoms with Gasteiger partial charge in [-0.2, -0.15) is 0 Å². The fraction of sp³-hybridized carbons (Fsp3) is 0.333. The minimum absolute atomic E-state index is 0.403. The van der Waals surface area contributed by atoms with Crippen LogP contribution >= 0.6 is 11.3 Å². The van der Waals surface area contributed by atoms with Gasteiger partial charge in [0.2, 0.25) is 5.13 Å². The molecule has 0 amide bonds. The molecule has 0 spiro atoms. The number of nitrogen functional groups attached to an aromatic ring is 1. The van der Waals surface area contributed by atoms with Crippen LogP contribution in [-0.2, 0) is 6.42 Å². The van der Waals surface area contributed by atoms with E-state index in [-0.39, 0.29) is 0 Å². The van der Waals surface area contributed by atoms with Crippen molar-refractivity contribution in [3.63, 3.8) is 0 Å². The quantitative estimate of drug-likeness (QED) is 0.820. The Kier molecular flexibility index (Phi) is 2.36. The summed E-state index contributed by atoms with van der Waals surface area (Å²) in [6, 6.07) is 8.62. The number of hydrogen-bond donors (Lipinski definition) is 1. The summed E-state index contributed by atoms with van der Waals surface area (Å²) in [6.07, 6.45) is 3.56. The molecule has 1 heterocycles. The molecule has 0 aliphatic heterocycles. The van der Waals surface area contributed by atoms with Crippen LogP contribution in [-0.4, -0.2) is 10.2 Å². The largest absolute Gasteiger partial charge is 0.374 e. The molecule has 0 fully saturated rings. The van der Waals surface area contributed by atoms with Crippen molar-refractivity contribution in [2.75, 3.05) is 5.73 Å². The number of nitrogens with two attached hydrogens (primary N) is 1. The van der Waals surface area contributed by atoms with Gasteiger partial charge in [0.25, 0.3) is 0 Å². The number of benzene rings is 1. The summed E-state index contributed by atoms with van der Waals surface area (Å²) < 4.78 is 0. The first-order valence-corrected chi connectivity index (χ1v) is 6.33. The fourth-order valence-corrected chi connectivity index (χ4v) is 3.16. The first-order chi connectivity index (χ1) is 7.84. The Labute approximate surface area is 98.3 Å². The summed E-state index contributed by atoms with van der Waals surface area (Å²) in [5, 5.41) is 9.72. The predicted molar refractivity (Wildman–Crippen MR) is 65.5 cm³/mol. The molecule has 16 heavy (non-hydrogen) atoms. The number of fused-ring (bicyclic) bond motifs is 1. The zero-order chi connectivity index (χ0) is 11.0. The smallest absolute Gasteiger partial charge is 0.203 e. The lowest BCUT2D eigenvalue weighted by Gasteiger charge is -2.23. The van der Waals surface area contributed by atoms with E-state index in [0.717, 1.165) is 11.4 Å². The van der Waals surface area contributed by atoms with Crippen LogP contribution in [0.3, 0.4) is 0 Å². The van der Waals surface area contributed by atoms with Crippen LogP contribution in [0.1, 0.15) is 34.9 Å². The van der Waals surface area contributed by atoms with E-state index in [0.29, 0.717) is 11.0 Å². The zero-order valence-corrected chi connectivity index (χ0v) is 9.70. The van der Waals surface area contributed by atoms with Gasteiger partial charge in [-0.1, -0.05) is 35.6 Å². The SMILES string of the molecule is Nc1nnc([C@H]2CCCc3ccccc32)s1. The molecule has 0 unspecified atom stereocenters. The first kappa shape index (κ1) is 9.78. The molecule has 2 aromatic rings.